The van der Waals surface area contributed by atoms with Crippen LogP contribution < -0.4 is 10.1 Å². The Hall–Kier alpha value is -4.83. The zero-order chi connectivity index (χ0) is 43.9. The van der Waals surface area contributed by atoms with Crippen molar-refractivity contribution in [3.63, 3.8) is 0 Å². The van der Waals surface area contributed by atoms with Crippen molar-refractivity contribution in [2.45, 2.75) is 84.2 Å². The predicted octanol–water partition coefficient (Wildman–Crippen LogP) is 9.11. The first-order chi connectivity index (χ1) is 30.6. The highest BCUT2D eigenvalue weighted by Crippen LogP contribution is 2.44. The average molecular weight is 927 g/mol. The molecule has 0 unspecified atom stereocenters. The zero-order valence-corrected chi connectivity index (χ0v) is 39.2. The maximum atomic E-state index is 13.6. The minimum Gasteiger partial charge on any atom is -0.491 e. The number of ether oxygens (including phenoxy) is 4. The highest BCUT2D eigenvalue weighted by Gasteiger charge is 2.36. The summed E-state index contributed by atoms with van der Waals surface area (Å²) in [6.45, 7) is 10.1. The number of aryl methyl sites for hydroxylation is 3. The van der Waals surface area contributed by atoms with Gasteiger partial charge < -0.3 is 29.2 Å². The third-order valence-electron chi connectivity index (χ3n) is 12.1. The summed E-state index contributed by atoms with van der Waals surface area (Å²) in [5.74, 6) is 2.13. The van der Waals surface area contributed by atoms with Gasteiger partial charge in [0.1, 0.15) is 34.8 Å². The molecule has 0 saturated heterocycles. The van der Waals surface area contributed by atoms with E-state index in [1.165, 1.54) is 16.0 Å². The topological polar surface area (TPSA) is 134 Å². The fourth-order valence-electron chi connectivity index (χ4n) is 8.69. The van der Waals surface area contributed by atoms with E-state index in [2.05, 4.69) is 46.1 Å². The van der Waals surface area contributed by atoms with Crippen LogP contribution in [0.5, 0.6) is 5.75 Å². The van der Waals surface area contributed by atoms with Gasteiger partial charge in [-0.3, -0.25) is 19.0 Å². The molecule has 3 aliphatic rings. The molecule has 8 rings (SSSR count). The van der Waals surface area contributed by atoms with E-state index < -0.39 is 0 Å². The second-order valence-corrected chi connectivity index (χ2v) is 17.9. The third kappa shape index (κ3) is 11.0. The molecule has 15 heteroatoms. The molecule has 1 fully saturated rings. The van der Waals surface area contributed by atoms with Crippen molar-refractivity contribution in [1.29, 1.82) is 0 Å². The summed E-state index contributed by atoms with van der Waals surface area (Å²) < 4.78 is 25.1. The number of amides is 2. The van der Waals surface area contributed by atoms with E-state index in [9.17, 15) is 14.4 Å². The maximum Gasteiger partial charge on any atom is 0.254 e. The minimum atomic E-state index is -0.320. The van der Waals surface area contributed by atoms with Crippen molar-refractivity contribution in [2.24, 2.45) is 0 Å². The van der Waals surface area contributed by atoms with E-state index in [0.717, 1.165) is 70.2 Å². The molecule has 1 atom stereocenters. The van der Waals surface area contributed by atoms with Crippen LogP contribution in [0.4, 0.5) is 5.69 Å². The molecule has 3 aromatic carbocycles. The standard InChI is InChI=1S/C49H54ClN5O7S.H2S/c1-31-32(2)63-49-46(31)43(35-9-11-37(50)12-10-35)28-36(47-53-52-33(3)55(47)49)29-45(57)51-38-13-19-41(20-14-38)62-27-26-61-25-24-60-23-22-59-21-5-7-34-6-4-8-42-44(34)30-54(48(42)58)39-15-17-40(56)18-16-39;/h4,6,8-14,19-20,28,36,39H,5,7,15-18,21-27,29-30H2,1-3H3,(H,51,57);1H2/t36-;/m0./s1. The number of rotatable bonds is 19. The van der Waals surface area contributed by atoms with Gasteiger partial charge in [-0.1, -0.05) is 41.9 Å². The van der Waals surface area contributed by atoms with Crippen LogP contribution in [0.15, 0.2) is 72.8 Å². The fraction of sp³-hybridized carbons (Fsp3) is 0.408. The van der Waals surface area contributed by atoms with Gasteiger partial charge in [-0.25, -0.2) is 0 Å². The molecular formula is C49H56ClN5O7S2. The molecule has 0 radical (unpaired) electrons. The molecule has 5 aromatic rings. The van der Waals surface area contributed by atoms with Gasteiger partial charge in [0.15, 0.2) is 0 Å². The number of carbonyl (C=O) groups is 3. The Kier molecular flexibility index (Phi) is 16.1. The van der Waals surface area contributed by atoms with E-state index in [0.29, 0.717) is 87.9 Å². The van der Waals surface area contributed by atoms with Gasteiger partial charge >= 0.3 is 0 Å². The van der Waals surface area contributed by atoms with Crippen LogP contribution in [0.2, 0.25) is 5.02 Å². The number of hydrogen-bond acceptors (Lipinski definition) is 10. The minimum absolute atomic E-state index is 0. The molecular weight excluding hydrogens is 870 g/mol. The summed E-state index contributed by atoms with van der Waals surface area (Å²) >= 11 is 7.98. The first-order valence-corrected chi connectivity index (χ1v) is 23.0. The molecule has 338 valence electrons. The first kappa shape index (κ1) is 47.1. The second-order valence-electron chi connectivity index (χ2n) is 16.3. The van der Waals surface area contributed by atoms with Crippen molar-refractivity contribution in [3.05, 3.63) is 128 Å². The number of benzene rings is 3. The summed E-state index contributed by atoms with van der Waals surface area (Å²) in [6, 6.07) is 21.3. The number of aromatic nitrogens is 3. The van der Waals surface area contributed by atoms with Gasteiger partial charge in [0.25, 0.3) is 5.91 Å². The third-order valence-corrected chi connectivity index (χ3v) is 13.6. The monoisotopic (exact) mass is 925 g/mol. The van der Waals surface area contributed by atoms with Crippen molar-refractivity contribution in [2.75, 3.05) is 51.6 Å². The molecule has 2 aromatic heterocycles. The van der Waals surface area contributed by atoms with Gasteiger partial charge in [-0.2, -0.15) is 13.5 Å². The SMILES string of the molecule is Cc1sc2c(c1C)C(c1ccc(Cl)cc1)=C[C@@H](CC(=O)Nc1ccc(OCCOCCOCCOCCCc3cccc4c3CN(C3CCC(=O)CC3)C4=O)cc1)c1nnc(C)n1-2.S. The lowest BCUT2D eigenvalue weighted by Gasteiger charge is -2.30. The van der Waals surface area contributed by atoms with Crippen molar-refractivity contribution >= 4 is 65.3 Å². The number of fused-ring (bicyclic) bond motifs is 4. The highest BCUT2D eigenvalue weighted by atomic mass is 35.5. The van der Waals surface area contributed by atoms with Crippen LogP contribution in [-0.2, 0) is 36.8 Å². The van der Waals surface area contributed by atoms with Gasteiger partial charge in [0.05, 0.1) is 33.0 Å². The number of ketones is 1. The number of nitrogens with one attached hydrogen (secondary N) is 1. The average Bonchev–Trinajstić information content (AvgIpc) is 3.90. The normalized spacial score (nSPS) is 15.8. The Morgan fingerprint density at radius 1 is 0.859 bits per heavy atom. The number of hydrogen-bond donors (Lipinski definition) is 1. The van der Waals surface area contributed by atoms with Crippen LogP contribution in [0.1, 0.15) is 99.1 Å². The van der Waals surface area contributed by atoms with Crippen LogP contribution in [0.25, 0.3) is 10.6 Å². The lowest BCUT2D eigenvalue weighted by atomic mass is 9.92. The Balaban J connectivity index is 0.00000612. The number of thiophene rings is 1. The van der Waals surface area contributed by atoms with Gasteiger partial charge in [0, 0.05) is 71.1 Å². The van der Waals surface area contributed by atoms with Crippen LogP contribution in [0.3, 0.4) is 0 Å². The Bertz CT molecular complexity index is 2460. The van der Waals surface area contributed by atoms with Crippen LogP contribution in [0, 0.1) is 20.8 Å². The molecule has 0 bridgehead atoms. The molecule has 2 aliphatic heterocycles. The van der Waals surface area contributed by atoms with Crippen molar-refractivity contribution in [3.8, 4) is 10.8 Å². The fourth-order valence-corrected chi connectivity index (χ4v) is 10.0. The van der Waals surface area contributed by atoms with E-state index >= 15 is 0 Å². The maximum absolute atomic E-state index is 13.6. The van der Waals surface area contributed by atoms with Gasteiger partial charge in [-0.05, 0) is 117 Å². The van der Waals surface area contributed by atoms with Crippen LogP contribution >= 0.6 is 36.4 Å². The number of nitrogens with zero attached hydrogens (tertiary/aromatic N) is 4. The molecule has 1 aliphatic carbocycles. The summed E-state index contributed by atoms with van der Waals surface area (Å²) in [5, 5.41) is 13.8. The van der Waals surface area contributed by atoms with Crippen molar-refractivity contribution < 1.29 is 33.3 Å². The first-order valence-electron chi connectivity index (χ1n) is 21.8. The van der Waals surface area contributed by atoms with Crippen molar-refractivity contribution in [1.82, 2.24) is 19.7 Å². The van der Waals surface area contributed by atoms with Crippen LogP contribution in [-0.4, -0.2) is 89.6 Å². The van der Waals surface area contributed by atoms with E-state index in [1.807, 2.05) is 72.5 Å². The number of halogens is 1. The van der Waals surface area contributed by atoms with E-state index in [4.69, 9.17) is 30.5 Å². The Morgan fingerprint density at radius 2 is 1.55 bits per heavy atom. The molecule has 12 nitrogen and oxygen atoms in total. The number of anilines is 1. The summed E-state index contributed by atoms with van der Waals surface area (Å²) in [6.07, 6.45) is 6.72. The Labute approximate surface area is 390 Å². The molecule has 4 heterocycles. The van der Waals surface area contributed by atoms with E-state index in [1.54, 1.807) is 11.3 Å². The lowest BCUT2D eigenvalue weighted by Crippen LogP contribution is -2.38. The zero-order valence-electron chi connectivity index (χ0n) is 36.6. The van der Waals surface area contributed by atoms with Gasteiger partial charge in [-0.15, -0.1) is 21.5 Å². The predicted molar refractivity (Wildman–Crippen MR) is 255 cm³/mol. The summed E-state index contributed by atoms with van der Waals surface area (Å²) in [4.78, 5) is 41.6. The molecule has 1 saturated carbocycles. The molecule has 64 heavy (non-hydrogen) atoms. The number of carbonyl (C=O) groups excluding carboxylic acids is 3. The van der Waals surface area contributed by atoms with Gasteiger partial charge in [0.2, 0.25) is 5.91 Å². The highest BCUT2D eigenvalue weighted by molar-refractivity contribution is 7.59. The summed E-state index contributed by atoms with van der Waals surface area (Å²) in [5.41, 5.74) is 8.20. The largest absolute Gasteiger partial charge is 0.491 e. The van der Waals surface area contributed by atoms with E-state index in [-0.39, 0.29) is 43.7 Å². The number of allylic oxidation sites excluding steroid dienone is 1. The molecule has 1 N–H and O–H groups in total. The lowest BCUT2D eigenvalue weighted by molar-refractivity contribution is -0.121. The number of Topliss-reactive ketones (excluding diaryl/α,β-unsaturated/α-hetero) is 1. The second kappa shape index (κ2) is 21.9. The Morgan fingerprint density at radius 3 is 2.27 bits per heavy atom. The quantitative estimate of drug-likeness (QED) is 0.0806. The summed E-state index contributed by atoms with van der Waals surface area (Å²) in [7, 11) is 0. The molecule has 0 spiro atoms. The smallest absolute Gasteiger partial charge is 0.254 e. The molecule has 2 amide bonds.